The second-order valence-electron chi connectivity index (χ2n) is 6.03. The highest BCUT2D eigenvalue weighted by molar-refractivity contribution is 8.01. The van der Waals surface area contributed by atoms with Gasteiger partial charge in [-0.3, -0.25) is 14.5 Å². The van der Waals surface area contributed by atoms with Crippen LogP contribution in [-0.2, 0) is 9.59 Å². The van der Waals surface area contributed by atoms with Crippen LogP contribution in [0.5, 0.6) is 5.75 Å². The average Bonchev–Trinajstić information content (AvgIpc) is 3.20. The lowest BCUT2D eigenvalue weighted by Gasteiger charge is -2.32. The Bertz CT molecular complexity index is 993. The standard InChI is InChI=1S/C19H16N4O3S2/c1-12-18(25)23(15-4-2-3-5-16(15)26-12)10-17(24)21-13-6-8-14(9-7-13)28-19-22-20-11-27-19/h2-9,11-12H,10H2,1H3,(H,21,24)/t12-/m1/s1. The molecule has 2 aromatic carbocycles. The van der Waals surface area contributed by atoms with Crippen molar-refractivity contribution in [2.24, 2.45) is 0 Å². The van der Waals surface area contributed by atoms with Crippen LogP contribution in [0, 0.1) is 0 Å². The van der Waals surface area contributed by atoms with Crippen LogP contribution in [0.15, 0.2) is 63.3 Å². The second-order valence-corrected chi connectivity index (χ2v) is 8.19. The minimum atomic E-state index is -0.626. The van der Waals surface area contributed by atoms with Crippen LogP contribution in [0.25, 0.3) is 0 Å². The van der Waals surface area contributed by atoms with Crippen LogP contribution in [0.3, 0.4) is 0 Å². The van der Waals surface area contributed by atoms with Gasteiger partial charge >= 0.3 is 0 Å². The van der Waals surface area contributed by atoms with Crippen molar-refractivity contribution in [3.05, 3.63) is 54.0 Å². The molecule has 1 aliphatic rings. The summed E-state index contributed by atoms with van der Waals surface area (Å²) in [5.74, 6) is 0.0832. The van der Waals surface area contributed by atoms with Crippen LogP contribution >= 0.6 is 23.1 Å². The number of carbonyl (C=O) groups is 2. The average molecular weight is 412 g/mol. The third kappa shape index (κ3) is 4.00. The molecule has 2 heterocycles. The van der Waals surface area contributed by atoms with Crippen molar-refractivity contribution < 1.29 is 14.3 Å². The molecular formula is C19H16N4O3S2. The zero-order chi connectivity index (χ0) is 19.5. The van der Waals surface area contributed by atoms with E-state index in [4.69, 9.17) is 4.74 Å². The van der Waals surface area contributed by atoms with Gasteiger partial charge in [0.2, 0.25) is 5.91 Å². The number of ether oxygens (including phenoxy) is 1. The molecule has 0 fully saturated rings. The van der Waals surface area contributed by atoms with E-state index in [0.717, 1.165) is 9.24 Å². The normalized spacial score (nSPS) is 15.7. The molecule has 142 valence electrons. The Labute approximate surface area is 169 Å². The minimum absolute atomic E-state index is 0.0785. The van der Waals surface area contributed by atoms with Gasteiger partial charge in [0.05, 0.1) is 5.69 Å². The molecule has 3 aromatic rings. The Hall–Kier alpha value is -2.91. The topological polar surface area (TPSA) is 84.4 Å². The summed E-state index contributed by atoms with van der Waals surface area (Å²) in [7, 11) is 0. The quantitative estimate of drug-likeness (QED) is 0.691. The van der Waals surface area contributed by atoms with E-state index in [2.05, 4.69) is 15.5 Å². The van der Waals surface area contributed by atoms with Gasteiger partial charge in [0.15, 0.2) is 10.4 Å². The molecule has 7 nitrogen and oxygen atoms in total. The predicted molar refractivity (Wildman–Crippen MR) is 108 cm³/mol. The second kappa shape index (κ2) is 7.99. The third-order valence-electron chi connectivity index (χ3n) is 4.06. The van der Waals surface area contributed by atoms with Crippen molar-refractivity contribution >= 4 is 46.3 Å². The van der Waals surface area contributed by atoms with Gasteiger partial charge in [0.25, 0.3) is 5.91 Å². The van der Waals surface area contributed by atoms with Crippen LogP contribution in [0.4, 0.5) is 11.4 Å². The molecule has 9 heteroatoms. The molecule has 0 saturated heterocycles. The van der Waals surface area contributed by atoms with Crippen LogP contribution in [0.2, 0.25) is 0 Å². The molecule has 28 heavy (non-hydrogen) atoms. The number of nitrogens with zero attached hydrogens (tertiary/aromatic N) is 3. The maximum absolute atomic E-state index is 12.5. The van der Waals surface area contributed by atoms with Gasteiger partial charge < -0.3 is 10.1 Å². The lowest BCUT2D eigenvalue weighted by molar-refractivity contribution is -0.127. The number of hydrogen-bond donors (Lipinski definition) is 1. The van der Waals surface area contributed by atoms with Crippen molar-refractivity contribution in [2.75, 3.05) is 16.8 Å². The fourth-order valence-corrected chi connectivity index (χ4v) is 4.23. The monoisotopic (exact) mass is 412 g/mol. The molecule has 4 rings (SSSR count). The van der Waals surface area contributed by atoms with Gasteiger partial charge in [-0.25, -0.2) is 0 Å². The first-order valence-electron chi connectivity index (χ1n) is 8.51. The number of fused-ring (bicyclic) bond motifs is 1. The van der Waals surface area contributed by atoms with Gasteiger partial charge in [-0.1, -0.05) is 35.2 Å². The largest absolute Gasteiger partial charge is 0.479 e. The Kier molecular flexibility index (Phi) is 5.27. The van der Waals surface area contributed by atoms with Crippen molar-refractivity contribution in [3.63, 3.8) is 0 Å². The van der Waals surface area contributed by atoms with E-state index in [-0.39, 0.29) is 18.4 Å². The van der Waals surface area contributed by atoms with Gasteiger partial charge in [-0.2, -0.15) is 0 Å². The molecule has 1 aliphatic heterocycles. The van der Waals surface area contributed by atoms with Gasteiger partial charge in [0.1, 0.15) is 17.8 Å². The third-order valence-corrected chi connectivity index (χ3v) is 5.84. The molecule has 0 aliphatic carbocycles. The maximum atomic E-state index is 12.5. The zero-order valence-electron chi connectivity index (χ0n) is 14.9. The number of aromatic nitrogens is 2. The highest BCUT2D eigenvalue weighted by Gasteiger charge is 2.32. The summed E-state index contributed by atoms with van der Waals surface area (Å²) in [4.78, 5) is 27.5. The number of hydrogen-bond acceptors (Lipinski definition) is 7. The zero-order valence-corrected chi connectivity index (χ0v) is 16.5. The number of anilines is 2. The van der Waals surface area contributed by atoms with Crippen molar-refractivity contribution in [2.45, 2.75) is 22.3 Å². The highest BCUT2D eigenvalue weighted by Crippen LogP contribution is 2.33. The first-order chi connectivity index (χ1) is 13.6. The fraction of sp³-hybridized carbons (Fsp3) is 0.158. The van der Waals surface area contributed by atoms with E-state index in [9.17, 15) is 9.59 Å². The number of rotatable bonds is 5. The minimum Gasteiger partial charge on any atom is -0.479 e. The first-order valence-corrected chi connectivity index (χ1v) is 10.2. The Morgan fingerprint density at radius 2 is 2.04 bits per heavy atom. The molecular weight excluding hydrogens is 396 g/mol. The van der Waals surface area contributed by atoms with Crippen LogP contribution in [0.1, 0.15) is 6.92 Å². The molecule has 2 amide bonds. The molecule has 0 unspecified atom stereocenters. The first kappa shape index (κ1) is 18.5. The van der Waals surface area contributed by atoms with Crippen LogP contribution < -0.4 is 15.0 Å². The molecule has 0 saturated carbocycles. The van der Waals surface area contributed by atoms with E-state index < -0.39 is 6.10 Å². The summed E-state index contributed by atoms with van der Waals surface area (Å²) in [6.07, 6.45) is -0.626. The van der Waals surface area contributed by atoms with Gasteiger partial charge in [0, 0.05) is 10.6 Å². The fourth-order valence-electron chi connectivity index (χ4n) is 2.78. The summed E-state index contributed by atoms with van der Waals surface area (Å²) in [6.45, 7) is 1.60. The van der Waals surface area contributed by atoms with Crippen LogP contribution in [-0.4, -0.2) is 34.7 Å². The molecule has 1 atom stereocenters. The van der Waals surface area contributed by atoms with E-state index in [1.54, 1.807) is 24.6 Å². The summed E-state index contributed by atoms with van der Waals surface area (Å²) in [5, 5.41) is 10.6. The molecule has 0 bridgehead atoms. The predicted octanol–water partition coefficient (Wildman–Crippen LogP) is 3.44. The van der Waals surface area contributed by atoms with E-state index in [1.807, 2.05) is 36.4 Å². The Morgan fingerprint density at radius 3 is 2.79 bits per heavy atom. The molecule has 0 radical (unpaired) electrons. The number of para-hydroxylation sites is 2. The van der Waals surface area contributed by atoms with E-state index in [1.165, 1.54) is 28.0 Å². The summed E-state index contributed by atoms with van der Waals surface area (Å²) < 4.78 is 6.45. The Balaban J connectivity index is 1.42. The SMILES string of the molecule is C[C@H]1Oc2ccccc2N(CC(=O)Nc2ccc(Sc3nncs3)cc2)C1=O. The maximum Gasteiger partial charge on any atom is 0.268 e. The number of benzene rings is 2. The van der Waals surface area contributed by atoms with E-state index in [0.29, 0.717) is 17.1 Å². The van der Waals surface area contributed by atoms with E-state index >= 15 is 0 Å². The van der Waals surface area contributed by atoms with Gasteiger partial charge in [-0.05, 0) is 43.3 Å². The molecule has 0 spiro atoms. The molecule has 1 aromatic heterocycles. The van der Waals surface area contributed by atoms with Crippen molar-refractivity contribution in [3.8, 4) is 5.75 Å². The van der Waals surface area contributed by atoms with Crippen molar-refractivity contribution in [1.82, 2.24) is 10.2 Å². The van der Waals surface area contributed by atoms with Gasteiger partial charge in [-0.15, -0.1) is 10.2 Å². The van der Waals surface area contributed by atoms with Crippen molar-refractivity contribution in [1.29, 1.82) is 0 Å². The number of carbonyl (C=O) groups excluding carboxylic acids is 2. The highest BCUT2D eigenvalue weighted by atomic mass is 32.2. The summed E-state index contributed by atoms with van der Waals surface area (Å²) in [5.41, 5.74) is 2.95. The summed E-state index contributed by atoms with van der Waals surface area (Å²) >= 11 is 2.98. The number of amides is 2. The Morgan fingerprint density at radius 1 is 1.25 bits per heavy atom. The number of nitrogens with one attached hydrogen (secondary N) is 1. The molecule has 1 N–H and O–H groups in total. The lowest BCUT2D eigenvalue weighted by atomic mass is 10.2. The lowest BCUT2D eigenvalue weighted by Crippen LogP contribution is -2.47. The summed E-state index contributed by atoms with van der Waals surface area (Å²) in [6, 6.07) is 14.6. The smallest absolute Gasteiger partial charge is 0.268 e.